The van der Waals surface area contributed by atoms with Crippen LogP contribution in [0, 0.1) is 0 Å². The molecule has 1 aliphatic carbocycles. The smallest absolute Gasteiger partial charge is 0.319 e. The first-order valence-electron chi connectivity index (χ1n) is 9.41. The van der Waals surface area contributed by atoms with Gasteiger partial charge in [-0.3, -0.25) is 9.69 Å². The number of hydrogen-bond acceptors (Lipinski definition) is 4. The van der Waals surface area contributed by atoms with Gasteiger partial charge in [-0.05, 0) is 56.5 Å². The Kier molecular flexibility index (Phi) is 4.07. The molecule has 0 bridgehead atoms. The molecule has 1 aromatic carbocycles. The van der Waals surface area contributed by atoms with Gasteiger partial charge in [-0.1, -0.05) is 18.6 Å². The van der Waals surface area contributed by atoms with Crippen LogP contribution in [0.25, 0.3) is 10.9 Å². The van der Waals surface area contributed by atoms with E-state index in [1.165, 1.54) is 18.2 Å². The van der Waals surface area contributed by atoms with E-state index in [-0.39, 0.29) is 12.0 Å². The van der Waals surface area contributed by atoms with Crippen LogP contribution >= 0.6 is 0 Å². The predicted molar refractivity (Wildman–Crippen MR) is 104 cm³/mol. The molecular formula is C21H27N3O2. The molecule has 0 amide bonds. The van der Waals surface area contributed by atoms with Crippen LogP contribution in [-0.4, -0.2) is 42.6 Å². The van der Waals surface area contributed by atoms with Gasteiger partial charge in [0.05, 0.1) is 13.2 Å². The molecule has 0 fully saturated rings. The quantitative estimate of drug-likeness (QED) is 0.494. The number of nitrogens with two attached hydrogens (primary N) is 1. The van der Waals surface area contributed by atoms with Gasteiger partial charge in [0.15, 0.2) is 0 Å². The Morgan fingerprint density at radius 2 is 2.27 bits per heavy atom. The second-order valence-electron chi connectivity index (χ2n) is 7.55. The van der Waals surface area contributed by atoms with E-state index in [2.05, 4.69) is 29.9 Å². The summed E-state index contributed by atoms with van der Waals surface area (Å²) in [7, 11) is 3.63. The van der Waals surface area contributed by atoms with Crippen molar-refractivity contribution < 1.29 is 9.53 Å². The normalized spacial score (nSPS) is 26.0. The SMILES string of the molecule is CCC1=CCCC2(C(=O)OC)c3[nH]c4ccc(N)cc4c3CCN(C)C12. The molecule has 3 N–H and O–H groups in total. The van der Waals surface area contributed by atoms with Crippen LogP contribution in [0.4, 0.5) is 5.69 Å². The molecule has 2 heterocycles. The summed E-state index contributed by atoms with van der Waals surface area (Å²) >= 11 is 0. The fourth-order valence-electron chi connectivity index (χ4n) is 5.13. The third-order valence-electron chi connectivity index (χ3n) is 6.25. The van der Waals surface area contributed by atoms with Gasteiger partial charge in [-0.15, -0.1) is 0 Å². The summed E-state index contributed by atoms with van der Waals surface area (Å²) in [4.78, 5) is 19.2. The number of carbonyl (C=O) groups excluding carboxylic acids is 1. The van der Waals surface area contributed by atoms with Crippen molar-refractivity contribution >= 4 is 22.6 Å². The van der Waals surface area contributed by atoms with Gasteiger partial charge in [0.1, 0.15) is 5.41 Å². The molecule has 0 spiro atoms. The number of carbonyl (C=O) groups is 1. The standard InChI is InChI=1S/C21H27N3O2/c1-4-13-6-5-10-21(20(25)26-3)18-15(9-11-24(2)19(13)21)16-12-14(22)7-8-17(16)23-18/h6-8,12,19,23H,4-5,9-11,22H2,1-3H3. The van der Waals surface area contributed by atoms with E-state index in [1.807, 2.05) is 18.2 Å². The molecule has 2 unspecified atom stereocenters. The molecule has 26 heavy (non-hydrogen) atoms. The van der Waals surface area contributed by atoms with Gasteiger partial charge in [0.2, 0.25) is 0 Å². The Bertz CT molecular complexity index is 898. The number of aromatic nitrogens is 1. The summed E-state index contributed by atoms with van der Waals surface area (Å²) in [6.45, 7) is 3.07. The van der Waals surface area contributed by atoms with Crippen molar-refractivity contribution in [2.75, 3.05) is 26.4 Å². The average Bonchev–Trinajstić information content (AvgIpc) is 2.96. The largest absolute Gasteiger partial charge is 0.468 e. The number of H-pyrrole nitrogens is 1. The first-order valence-corrected chi connectivity index (χ1v) is 9.41. The maximum absolute atomic E-state index is 13.3. The highest BCUT2D eigenvalue weighted by atomic mass is 16.5. The lowest BCUT2D eigenvalue weighted by Crippen LogP contribution is -2.56. The summed E-state index contributed by atoms with van der Waals surface area (Å²) in [6, 6.07) is 5.98. The number of fused-ring (bicyclic) bond motifs is 5. The van der Waals surface area contributed by atoms with Gasteiger partial charge in [-0.2, -0.15) is 0 Å². The van der Waals surface area contributed by atoms with Crippen molar-refractivity contribution in [1.82, 2.24) is 9.88 Å². The molecule has 5 heteroatoms. The number of nitrogens with one attached hydrogen (secondary N) is 1. The number of aromatic amines is 1. The lowest BCUT2D eigenvalue weighted by atomic mass is 9.66. The van der Waals surface area contributed by atoms with Gasteiger partial charge >= 0.3 is 5.97 Å². The molecule has 0 saturated carbocycles. The molecular weight excluding hydrogens is 326 g/mol. The second-order valence-corrected chi connectivity index (χ2v) is 7.55. The molecule has 5 nitrogen and oxygen atoms in total. The minimum Gasteiger partial charge on any atom is -0.468 e. The Morgan fingerprint density at radius 3 is 3.00 bits per heavy atom. The van der Waals surface area contributed by atoms with Crippen molar-refractivity contribution in [2.24, 2.45) is 0 Å². The summed E-state index contributed by atoms with van der Waals surface area (Å²) in [5.74, 6) is -0.143. The number of rotatable bonds is 2. The van der Waals surface area contributed by atoms with E-state index in [0.29, 0.717) is 0 Å². The minimum absolute atomic E-state index is 0.0281. The fourth-order valence-corrected chi connectivity index (χ4v) is 5.13. The van der Waals surface area contributed by atoms with Crippen LogP contribution in [0.3, 0.4) is 0 Å². The highest BCUT2D eigenvalue weighted by Crippen LogP contribution is 2.48. The van der Waals surface area contributed by atoms with Crippen molar-refractivity contribution in [3.8, 4) is 0 Å². The van der Waals surface area contributed by atoms with Crippen molar-refractivity contribution in [2.45, 2.75) is 44.1 Å². The lowest BCUT2D eigenvalue weighted by Gasteiger charge is -2.45. The third-order valence-corrected chi connectivity index (χ3v) is 6.25. The van der Waals surface area contributed by atoms with Crippen LogP contribution in [0.1, 0.15) is 37.4 Å². The highest BCUT2D eigenvalue weighted by molar-refractivity contribution is 5.93. The van der Waals surface area contributed by atoms with Gasteiger partial charge in [0.25, 0.3) is 0 Å². The maximum Gasteiger partial charge on any atom is 0.319 e. The van der Waals surface area contributed by atoms with Crippen molar-refractivity contribution in [3.63, 3.8) is 0 Å². The zero-order chi connectivity index (χ0) is 18.5. The summed E-state index contributed by atoms with van der Waals surface area (Å²) < 4.78 is 5.39. The molecule has 0 radical (unpaired) electrons. The van der Waals surface area contributed by atoms with Crippen molar-refractivity contribution in [1.29, 1.82) is 0 Å². The zero-order valence-corrected chi connectivity index (χ0v) is 15.8. The van der Waals surface area contributed by atoms with Gasteiger partial charge in [-0.25, -0.2) is 0 Å². The van der Waals surface area contributed by atoms with Crippen LogP contribution in [-0.2, 0) is 21.4 Å². The Balaban J connectivity index is 2.04. The molecule has 2 aliphatic rings. The third kappa shape index (κ3) is 2.23. The molecule has 1 aliphatic heterocycles. The molecule has 2 aromatic rings. The predicted octanol–water partition coefficient (Wildman–Crippen LogP) is 3.15. The topological polar surface area (TPSA) is 71.3 Å². The van der Waals surface area contributed by atoms with Crippen molar-refractivity contribution in [3.05, 3.63) is 41.1 Å². The number of nitrogens with zero attached hydrogens (tertiary/aromatic N) is 1. The fraction of sp³-hybridized carbons (Fsp3) is 0.476. The number of anilines is 1. The number of nitrogen functional groups attached to an aromatic ring is 1. The first kappa shape index (κ1) is 17.2. The number of likely N-dealkylation sites (N-methyl/N-ethyl adjacent to an activating group) is 1. The highest BCUT2D eigenvalue weighted by Gasteiger charge is 2.55. The number of ether oxygens (including phenoxy) is 1. The number of allylic oxidation sites excluding steroid dienone is 1. The Hall–Kier alpha value is -2.27. The van der Waals surface area contributed by atoms with Crippen LogP contribution in [0.15, 0.2) is 29.8 Å². The number of benzene rings is 1. The molecule has 1 aromatic heterocycles. The van der Waals surface area contributed by atoms with E-state index < -0.39 is 5.41 Å². The Labute approximate surface area is 154 Å². The van der Waals surface area contributed by atoms with Crippen LogP contribution in [0.5, 0.6) is 0 Å². The summed E-state index contributed by atoms with van der Waals surface area (Å²) in [6.07, 6.45) is 5.79. The monoisotopic (exact) mass is 353 g/mol. The van der Waals surface area contributed by atoms with Crippen LogP contribution < -0.4 is 5.73 Å². The zero-order valence-electron chi connectivity index (χ0n) is 15.8. The summed E-state index contributed by atoms with van der Waals surface area (Å²) in [5, 5.41) is 1.13. The van der Waals surface area contributed by atoms with Gasteiger partial charge < -0.3 is 15.5 Å². The number of esters is 1. The van der Waals surface area contributed by atoms with E-state index >= 15 is 0 Å². The van der Waals surface area contributed by atoms with E-state index in [4.69, 9.17) is 10.5 Å². The summed E-state index contributed by atoms with van der Waals surface area (Å²) in [5.41, 5.74) is 10.7. The molecule has 4 rings (SSSR count). The average molecular weight is 353 g/mol. The second kappa shape index (κ2) is 6.16. The first-order chi connectivity index (χ1) is 12.5. The van der Waals surface area contributed by atoms with E-state index in [1.54, 1.807) is 0 Å². The molecule has 2 atom stereocenters. The number of methoxy groups -OCH3 is 1. The molecule has 138 valence electrons. The van der Waals surface area contributed by atoms with Crippen LogP contribution in [0.2, 0.25) is 0 Å². The van der Waals surface area contributed by atoms with Gasteiger partial charge in [0, 0.05) is 28.8 Å². The van der Waals surface area contributed by atoms with E-state index in [9.17, 15) is 4.79 Å². The number of hydrogen-bond donors (Lipinski definition) is 2. The maximum atomic E-state index is 13.3. The lowest BCUT2D eigenvalue weighted by molar-refractivity contribution is -0.150. The van der Waals surface area contributed by atoms with E-state index in [0.717, 1.165) is 54.5 Å². The minimum atomic E-state index is -0.691. The molecule has 0 saturated heterocycles. The Morgan fingerprint density at radius 1 is 1.46 bits per heavy atom.